The molecule has 0 N–H and O–H groups in total. The van der Waals surface area contributed by atoms with Gasteiger partial charge in [0, 0.05) is 36.0 Å². The van der Waals surface area contributed by atoms with Crippen LogP contribution in [0.2, 0.25) is 0 Å². The van der Waals surface area contributed by atoms with E-state index >= 15 is 0 Å². The molecular formula is C35H43NO6. The van der Waals surface area contributed by atoms with E-state index in [1.165, 1.54) is 12.2 Å². The van der Waals surface area contributed by atoms with Crippen molar-refractivity contribution in [1.29, 1.82) is 5.26 Å². The molecular weight excluding hydrogens is 530 g/mol. The molecule has 5 aliphatic heterocycles. The van der Waals surface area contributed by atoms with Gasteiger partial charge in [0.2, 0.25) is 0 Å². The minimum Gasteiger partial charge on any atom is -0.458 e. The first-order valence-corrected chi connectivity index (χ1v) is 15.2. The number of hydrogen-bond donors (Lipinski definition) is 0. The molecule has 224 valence electrons. The lowest BCUT2D eigenvalue weighted by Crippen LogP contribution is -2.50. The monoisotopic (exact) mass is 573 g/mol. The first kappa shape index (κ1) is 30.4. The number of benzene rings is 1. The molecule has 0 saturated carbocycles. The maximum atomic E-state index is 13.0. The predicted octanol–water partition coefficient (Wildman–Crippen LogP) is 6.77. The highest BCUT2D eigenvalue weighted by Gasteiger charge is 2.43. The smallest absolute Gasteiger partial charge is 0.330 e. The van der Waals surface area contributed by atoms with E-state index in [1.807, 2.05) is 19.9 Å². The summed E-state index contributed by atoms with van der Waals surface area (Å²) in [6, 6.07) is 10.4. The third-order valence-electron chi connectivity index (χ3n) is 8.92. The van der Waals surface area contributed by atoms with E-state index in [1.54, 1.807) is 0 Å². The normalized spacial score (nSPS) is 37.9. The molecule has 8 bridgehead atoms. The zero-order valence-corrected chi connectivity index (χ0v) is 24.9. The summed E-state index contributed by atoms with van der Waals surface area (Å²) in [6.45, 7) is 10.9. The molecule has 3 fully saturated rings. The molecule has 7 nitrogen and oxygen atoms in total. The molecule has 0 spiro atoms. The van der Waals surface area contributed by atoms with Crippen LogP contribution < -0.4 is 0 Å². The Morgan fingerprint density at radius 1 is 0.976 bits per heavy atom. The maximum Gasteiger partial charge on any atom is 0.330 e. The van der Waals surface area contributed by atoms with Crippen molar-refractivity contribution in [3.8, 4) is 6.07 Å². The molecule has 0 aromatic heterocycles. The van der Waals surface area contributed by atoms with E-state index in [0.717, 1.165) is 48.0 Å². The van der Waals surface area contributed by atoms with Crippen molar-refractivity contribution in [3.05, 3.63) is 77.4 Å². The second-order valence-corrected chi connectivity index (χ2v) is 12.2. The second-order valence-electron chi connectivity index (χ2n) is 12.2. The quantitative estimate of drug-likeness (QED) is 0.208. The van der Waals surface area contributed by atoms with Crippen LogP contribution in [0, 0.1) is 23.2 Å². The van der Waals surface area contributed by atoms with E-state index in [0.29, 0.717) is 19.4 Å². The average molecular weight is 574 g/mol. The standard InChI is InChI=1S/C35H43NO6/c1-22-19-28-8-6-10-32(37)42-34-24(3)31(41-33(25(34)4)23(2)15-17-36)9-5-7-26-11-13-27(14-12-26)35-38-18-16-29(40-35)21-30(20-22)39-28/h5-7,10-15,24-25,28-31,33-35H,1,8-9,16,18-21H2,2-4H3/b7-5+,10-6-,23-15+/t24-,25-,28-,29-,30+,31+,33-,34-,35-/m0/s1. The van der Waals surface area contributed by atoms with Crippen molar-refractivity contribution >= 4 is 12.0 Å². The van der Waals surface area contributed by atoms with Gasteiger partial charge in [0.25, 0.3) is 0 Å². The Kier molecular flexibility index (Phi) is 10.1. The Bertz CT molecular complexity index is 1240. The van der Waals surface area contributed by atoms with Gasteiger partial charge in [-0.2, -0.15) is 5.26 Å². The number of allylic oxidation sites excluding steroid dienone is 1. The summed E-state index contributed by atoms with van der Waals surface area (Å²) in [7, 11) is 0. The minimum absolute atomic E-state index is 0.0215. The molecule has 1 aromatic rings. The third kappa shape index (κ3) is 7.48. The number of hydrogen-bond acceptors (Lipinski definition) is 7. The summed E-state index contributed by atoms with van der Waals surface area (Å²) in [6.07, 6.45) is 12.3. The number of carbonyl (C=O) groups is 1. The van der Waals surface area contributed by atoms with Crippen molar-refractivity contribution in [1.82, 2.24) is 0 Å². The minimum atomic E-state index is -0.395. The van der Waals surface area contributed by atoms with E-state index in [-0.39, 0.29) is 54.4 Å². The molecule has 5 heterocycles. The molecule has 0 radical (unpaired) electrons. The Balaban J connectivity index is 1.41. The highest BCUT2D eigenvalue weighted by atomic mass is 16.7. The van der Waals surface area contributed by atoms with Crippen LogP contribution in [0.4, 0.5) is 0 Å². The fourth-order valence-electron chi connectivity index (χ4n) is 6.69. The Morgan fingerprint density at radius 3 is 2.52 bits per heavy atom. The molecule has 5 aliphatic rings. The second kappa shape index (κ2) is 14.0. The van der Waals surface area contributed by atoms with Crippen LogP contribution in [-0.4, -0.2) is 49.2 Å². The van der Waals surface area contributed by atoms with Crippen LogP contribution in [0.5, 0.6) is 0 Å². The lowest BCUT2D eigenvalue weighted by molar-refractivity contribution is -0.225. The van der Waals surface area contributed by atoms with Crippen molar-refractivity contribution in [2.75, 3.05) is 6.61 Å². The summed E-state index contributed by atoms with van der Waals surface area (Å²) < 4.78 is 31.4. The van der Waals surface area contributed by atoms with Gasteiger partial charge in [-0.25, -0.2) is 4.79 Å². The summed E-state index contributed by atoms with van der Waals surface area (Å²) in [5, 5.41) is 9.27. The van der Waals surface area contributed by atoms with Gasteiger partial charge < -0.3 is 23.7 Å². The number of fused-ring (bicyclic) bond motifs is 6. The predicted molar refractivity (Wildman–Crippen MR) is 160 cm³/mol. The highest BCUT2D eigenvalue weighted by Crippen LogP contribution is 2.37. The van der Waals surface area contributed by atoms with E-state index in [2.05, 4.69) is 56.0 Å². The van der Waals surface area contributed by atoms with Crippen LogP contribution in [0.25, 0.3) is 6.08 Å². The van der Waals surface area contributed by atoms with Gasteiger partial charge in [-0.05, 0) is 50.2 Å². The number of ether oxygens (including phenoxy) is 5. The van der Waals surface area contributed by atoms with Gasteiger partial charge in [0.1, 0.15) is 6.10 Å². The summed E-state index contributed by atoms with van der Waals surface area (Å²) in [5.41, 5.74) is 4.06. The Hall–Kier alpha value is -3.02. The number of nitrogens with zero attached hydrogens (tertiary/aromatic N) is 1. The van der Waals surface area contributed by atoms with Crippen molar-refractivity contribution < 1.29 is 28.5 Å². The molecule has 3 saturated heterocycles. The number of rotatable bonds is 1. The topological polar surface area (TPSA) is 87.0 Å². The summed E-state index contributed by atoms with van der Waals surface area (Å²) in [5.74, 6) is -0.506. The van der Waals surface area contributed by atoms with Crippen LogP contribution >= 0.6 is 0 Å². The zero-order chi connectivity index (χ0) is 29.6. The van der Waals surface area contributed by atoms with Gasteiger partial charge in [-0.1, -0.05) is 68.5 Å². The Morgan fingerprint density at radius 2 is 1.74 bits per heavy atom. The van der Waals surface area contributed by atoms with Gasteiger partial charge >= 0.3 is 5.97 Å². The Labute approximate surface area is 249 Å². The summed E-state index contributed by atoms with van der Waals surface area (Å²) in [4.78, 5) is 13.0. The summed E-state index contributed by atoms with van der Waals surface area (Å²) >= 11 is 0. The van der Waals surface area contributed by atoms with Crippen LogP contribution in [0.1, 0.15) is 76.7 Å². The molecule has 0 unspecified atom stereocenters. The van der Waals surface area contributed by atoms with E-state index in [4.69, 9.17) is 23.7 Å². The lowest BCUT2D eigenvalue weighted by atomic mass is 9.79. The number of nitriles is 1. The van der Waals surface area contributed by atoms with Crippen molar-refractivity contribution in [3.63, 3.8) is 0 Å². The molecule has 0 amide bonds. The van der Waals surface area contributed by atoms with Crippen molar-refractivity contribution in [2.24, 2.45) is 11.8 Å². The SMILES string of the molecule is C=C1C[C@@H]2C[C@@H]3CCO[C@@H](O3)c3ccc(cc3)/C=C/C[C@H]3O[C@@H](/C(C)=C/C#N)[C@H](C)[C@@H](OC(=O)/C=C\C[C@@H](C1)O2)[C@H]3C. The van der Waals surface area contributed by atoms with Crippen LogP contribution in [0.15, 0.2) is 66.3 Å². The first-order valence-electron chi connectivity index (χ1n) is 15.2. The zero-order valence-electron chi connectivity index (χ0n) is 24.9. The van der Waals surface area contributed by atoms with Crippen LogP contribution in [-0.2, 0) is 28.5 Å². The van der Waals surface area contributed by atoms with E-state index in [9.17, 15) is 10.1 Å². The van der Waals surface area contributed by atoms with Crippen molar-refractivity contribution in [2.45, 2.75) is 102 Å². The fourth-order valence-corrected chi connectivity index (χ4v) is 6.69. The molecule has 0 aliphatic carbocycles. The molecule has 9 atom stereocenters. The van der Waals surface area contributed by atoms with E-state index < -0.39 is 6.29 Å². The van der Waals surface area contributed by atoms with Crippen LogP contribution in [0.3, 0.4) is 0 Å². The maximum absolute atomic E-state index is 13.0. The molecule has 42 heavy (non-hydrogen) atoms. The van der Waals surface area contributed by atoms with Gasteiger partial charge in [0.05, 0.1) is 43.2 Å². The molecule has 7 heteroatoms. The number of carbonyl (C=O) groups excluding carboxylic acids is 1. The fraction of sp³-hybridized carbons (Fsp3) is 0.543. The number of esters is 1. The average Bonchev–Trinajstić information content (AvgIpc) is 2.96. The van der Waals surface area contributed by atoms with Gasteiger partial charge in [-0.15, -0.1) is 0 Å². The van der Waals surface area contributed by atoms with Gasteiger partial charge in [-0.3, -0.25) is 0 Å². The first-order chi connectivity index (χ1) is 20.3. The third-order valence-corrected chi connectivity index (χ3v) is 8.92. The molecule has 1 aromatic carbocycles. The molecule has 6 rings (SSSR count). The lowest BCUT2D eigenvalue weighted by Gasteiger charge is -2.44. The van der Waals surface area contributed by atoms with Gasteiger partial charge in [0.15, 0.2) is 6.29 Å². The largest absolute Gasteiger partial charge is 0.458 e. The highest BCUT2D eigenvalue weighted by molar-refractivity contribution is 5.82.